The van der Waals surface area contributed by atoms with Gasteiger partial charge in [0.1, 0.15) is 6.33 Å². The number of quaternary nitrogens is 1. The van der Waals surface area contributed by atoms with Gasteiger partial charge in [-0.3, -0.25) is 4.90 Å². The molecule has 3 rings (SSSR count). The minimum Gasteiger partial charge on any atom is -0.270 e. The zero-order valence-electron chi connectivity index (χ0n) is 11.2. The third-order valence-electron chi connectivity index (χ3n) is 3.82. The van der Waals surface area contributed by atoms with Crippen molar-refractivity contribution < 1.29 is 0 Å². The Morgan fingerprint density at radius 3 is 2.79 bits per heavy atom. The molecule has 0 fully saturated rings. The summed E-state index contributed by atoms with van der Waals surface area (Å²) in [5.74, 6) is 1.01. The maximum Gasteiger partial charge on any atom is 0.256 e. The number of benzene rings is 1. The number of aryl methyl sites for hydroxylation is 1. The van der Waals surface area contributed by atoms with Gasteiger partial charge in [-0.15, -0.1) is 0 Å². The third kappa shape index (κ3) is 1.83. The topological polar surface area (TPSA) is 29.0 Å². The number of rotatable bonds is 1. The van der Waals surface area contributed by atoms with E-state index < -0.39 is 0 Å². The van der Waals surface area contributed by atoms with Crippen LogP contribution in [-0.4, -0.2) is 23.2 Å². The summed E-state index contributed by atoms with van der Waals surface area (Å²) in [6, 6.07) is 8.43. The van der Waals surface area contributed by atoms with Crippen LogP contribution < -0.4 is 7.60 Å². The Balaban J connectivity index is 2.21. The van der Waals surface area contributed by atoms with Crippen molar-refractivity contribution in [2.75, 3.05) is 11.9 Å². The zero-order chi connectivity index (χ0) is 13.6. The molecular formula is C14H16IN4+. The van der Waals surface area contributed by atoms with E-state index >= 15 is 0 Å². The van der Waals surface area contributed by atoms with Crippen LogP contribution in [0.15, 0.2) is 36.8 Å². The maximum absolute atomic E-state index is 4.50. The van der Waals surface area contributed by atoms with Crippen LogP contribution in [0.5, 0.6) is 0 Å². The largest absolute Gasteiger partial charge is 0.270 e. The predicted octanol–water partition coefficient (Wildman–Crippen LogP) is 3.57. The predicted molar refractivity (Wildman–Crippen MR) is 86.6 cm³/mol. The number of nitrogens with zero attached hydrogens (tertiary/aromatic N) is 4. The van der Waals surface area contributed by atoms with Gasteiger partial charge < -0.3 is 0 Å². The molecule has 1 aliphatic heterocycles. The minimum atomic E-state index is 0.286. The van der Waals surface area contributed by atoms with Crippen molar-refractivity contribution in [2.45, 2.75) is 20.0 Å². The molecule has 98 valence electrons. The van der Waals surface area contributed by atoms with Gasteiger partial charge in [-0.05, 0) is 18.6 Å². The van der Waals surface area contributed by atoms with Crippen molar-refractivity contribution in [3.8, 4) is 0 Å². The van der Waals surface area contributed by atoms with Gasteiger partial charge in [0, 0.05) is 6.92 Å². The SMILES string of the molecule is Cc1ccccc1N1c2ncncc2[N+](C)(I)[C@@H]1C. The first-order valence-corrected chi connectivity index (χ1v) is 7.21. The molecule has 2 aromatic rings. The summed E-state index contributed by atoms with van der Waals surface area (Å²) in [5.41, 5.74) is 3.63. The molecule has 2 atom stereocenters. The van der Waals surface area contributed by atoms with E-state index in [2.05, 4.69) is 82.9 Å². The van der Waals surface area contributed by atoms with Crippen molar-refractivity contribution >= 4 is 40.1 Å². The molecule has 1 aromatic carbocycles. The molecule has 1 aliphatic rings. The summed E-state index contributed by atoms with van der Waals surface area (Å²) >= 11 is 2.45. The number of halogens is 1. The van der Waals surface area contributed by atoms with Crippen LogP contribution in [0.1, 0.15) is 12.5 Å². The van der Waals surface area contributed by atoms with Gasteiger partial charge in [-0.25, -0.2) is 12.7 Å². The minimum absolute atomic E-state index is 0.286. The lowest BCUT2D eigenvalue weighted by molar-refractivity contribution is 0.496. The van der Waals surface area contributed by atoms with Crippen LogP contribution in [0.25, 0.3) is 0 Å². The first-order chi connectivity index (χ1) is 9.03. The second-order valence-electron chi connectivity index (χ2n) is 4.98. The molecule has 5 heteroatoms. The normalized spacial score (nSPS) is 25.5. The Bertz CT molecular complexity index is 626. The van der Waals surface area contributed by atoms with E-state index in [-0.39, 0.29) is 6.17 Å². The summed E-state index contributed by atoms with van der Waals surface area (Å²) in [6.45, 7) is 4.36. The van der Waals surface area contributed by atoms with Crippen molar-refractivity contribution in [2.24, 2.45) is 0 Å². The number of para-hydroxylation sites is 1. The van der Waals surface area contributed by atoms with E-state index in [1.165, 1.54) is 11.3 Å². The second-order valence-corrected chi connectivity index (χ2v) is 6.99. The lowest BCUT2D eigenvalue weighted by Crippen LogP contribution is -2.45. The molecule has 0 bridgehead atoms. The monoisotopic (exact) mass is 367 g/mol. The highest BCUT2D eigenvalue weighted by atomic mass is 127. The zero-order valence-corrected chi connectivity index (χ0v) is 13.4. The molecular weight excluding hydrogens is 351 g/mol. The van der Waals surface area contributed by atoms with Crippen molar-refractivity contribution in [3.05, 3.63) is 42.4 Å². The van der Waals surface area contributed by atoms with Gasteiger partial charge in [0.15, 0.2) is 6.17 Å². The fraction of sp³-hybridized carbons (Fsp3) is 0.286. The smallest absolute Gasteiger partial charge is 0.256 e. The average molecular weight is 367 g/mol. The number of hydrogen-bond donors (Lipinski definition) is 0. The van der Waals surface area contributed by atoms with E-state index in [1.54, 1.807) is 6.33 Å². The number of aromatic nitrogens is 2. The molecule has 2 heterocycles. The number of fused-ring (bicyclic) bond motifs is 1. The summed E-state index contributed by atoms with van der Waals surface area (Å²) in [5, 5.41) is 0. The van der Waals surface area contributed by atoms with Crippen molar-refractivity contribution in [3.63, 3.8) is 0 Å². The highest BCUT2D eigenvalue weighted by Crippen LogP contribution is 2.48. The second kappa shape index (κ2) is 4.42. The molecule has 0 radical (unpaired) electrons. The van der Waals surface area contributed by atoms with E-state index in [9.17, 15) is 0 Å². The highest BCUT2D eigenvalue weighted by molar-refractivity contribution is 14.1. The lowest BCUT2D eigenvalue weighted by atomic mass is 10.2. The summed E-state index contributed by atoms with van der Waals surface area (Å²) in [4.78, 5) is 11.0. The Morgan fingerprint density at radius 1 is 1.32 bits per heavy atom. The van der Waals surface area contributed by atoms with Crippen molar-refractivity contribution in [1.29, 1.82) is 0 Å². The van der Waals surface area contributed by atoms with Crippen LogP contribution in [-0.2, 0) is 0 Å². The first-order valence-electron chi connectivity index (χ1n) is 6.25. The molecule has 0 aliphatic carbocycles. The van der Waals surface area contributed by atoms with Gasteiger partial charge in [0.2, 0.25) is 11.5 Å². The van der Waals surface area contributed by atoms with Gasteiger partial charge >= 0.3 is 0 Å². The Kier molecular flexibility index (Phi) is 2.98. The van der Waals surface area contributed by atoms with Crippen LogP contribution in [0, 0.1) is 6.92 Å². The Morgan fingerprint density at radius 2 is 2.05 bits per heavy atom. The van der Waals surface area contributed by atoms with Crippen LogP contribution in [0.3, 0.4) is 0 Å². The van der Waals surface area contributed by atoms with Gasteiger partial charge in [-0.2, -0.15) is 0 Å². The number of hydrogen-bond acceptors (Lipinski definition) is 3. The maximum atomic E-state index is 4.50. The molecule has 4 nitrogen and oxygen atoms in total. The standard InChI is InChI=1S/C14H16IN4/c1-10-6-4-5-7-12(10)18-11(2)19(3,15)13-8-16-9-17-14(13)18/h4-9,11H,1-3H3/q+1/t11-,19?/m1/s1. The molecule has 0 saturated carbocycles. The Hall–Kier alpha value is -1.21. The van der Waals surface area contributed by atoms with E-state index in [1.807, 2.05) is 6.20 Å². The fourth-order valence-electron chi connectivity index (χ4n) is 2.55. The molecule has 0 spiro atoms. The van der Waals surface area contributed by atoms with Gasteiger partial charge in [0.25, 0.3) is 22.9 Å². The van der Waals surface area contributed by atoms with Gasteiger partial charge in [-0.1, -0.05) is 18.2 Å². The lowest BCUT2D eigenvalue weighted by Gasteiger charge is -2.29. The summed E-state index contributed by atoms with van der Waals surface area (Å²) in [7, 11) is 2.19. The van der Waals surface area contributed by atoms with Crippen LogP contribution in [0.4, 0.5) is 17.2 Å². The molecule has 1 aromatic heterocycles. The van der Waals surface area contributed by atoms with Crippen LogP contribution in [0.2, 0.25) is 0 Å². The quantitative estimate of drug-likeness (QED) is 0.570. The van der Waals surface area contributed by atoms with Gasteiger partial charge in [0.05, 0.1) is 18.9 Å². The molecule has 19 heavy (non-hydrogen) atoms. The fourth-order valence-corrected chi connectivity index (χ4v) is 3.14. The van der Waals surface area contributed by atoms with E-state index in [0.717, 1.165) is 14.2 Å². The molecule has 1 unspecified atom stereocenters. The average Bonchev–Trinajstić information content (AvgIpc) is 2.60. The highest BCUT2D eigenvalue weighted by Gasteiger charge is 2.47. The van der Waals surface area contributed by atoms with Crippen molar-refractivity contribution in [1.82, 2.24) is 12.7 Å². The summed E-state index contributed by atoms with van der Waals surface area (Å²) < 4.78 is 0.738. The van der Waals surface area contributed by atoms with Crippen LogP contribution >= 0.6 is 22.9 Å². The van der Waals surface area contributed by atoms with E-state index in [4.69, 9.17) is 0 Å². The molecule has 0 amide bonds. The number of anilines is 2. The third-order valence-corrected chi connectivity index (χ3v) is 5.15. The molecule has 0 N–H and O–H groups in total. The summed E-state index contributed by atoms with van der Waals surface area (Å²) in [6.07, 6.45) is 3.83. The molecule has 0 saturated heterocycles. The van der Waals surface area contributed by atoms with E-state index in [0.29, 0.717) is 0 Å². The first kappa shape index (κ1) is 12.8. The Labute approximate surface area is 127 Å².